The largest absolute Gasteiger partial charge is 0.444 e. The number of alkyl carbamates (subject to hydrolysis) is 1. The number of hydrogen-bond donors (Lipinski definition) is 3. The summed E-state index contributed by atoms with van der Waals surface area (Å²) >= 11 is 4.31. The standard InChI is InChI=1S/C26H43N3O4S/c1-8-10-11-15-27-23(30)22(20-14-12-13-18(3)19(20)4)29(16-9-2)24(31)21(17-34)28-25(32)33-26(5,6)7/h12-14,21-22,34H,8-11,15-17H2,1-7H3,(H,27,30)(H,28,32). The number of carbonyl (C=O) groups excluding carboxylic acids is 3. The fourth-order valence-corrected chi connectivity index (χ4v) is 3.89. The Kier molecular flexibility index (Phi) is 12.5. The van der Waals surface area contributed by atoms with Gasteiger partial charge in [0.1, 0.15) is 17.7 Å². The lowest BCUT2D eigenvalue weighted by atomic mass is 9.95. The summed E-state index contributed by atoms with van der Waals surface area (Å²) in [5, 5.41) is 5.65. The number of carbonyl (C=O) groups is 3. The molecule has 0 radical (unpaired) electrons. The van der Waals surface area contributed by atoms with E-state index >= 15 is 0 Å². The van der Waals surface area contributed by atoms with Crippen LogP contribution in [0.1, 0.15) is 83.0 Å². The Morgan fingerprint density at radius 1 is 1.09 bits per heavy atom. The third-order valence-corrected chi connectivity index (χ3v) is 5.87. The zero-order valence-corrected chi connectivity index (χ0v) is 22.8. The molecule has 0 saturated heterocycles. The van der Waals surface area contributed by atoms with E-state index in [2.05, 4.69) is 30.2 Å². The molecule has 192 valence electrons. The fraction of sp³-hybridized carbons (Fsp3) is 0.654. The molecule has 0 spiro atoms. The highest BCUT2D eigenvalue weighted by atomic mass is 32.1. The van der Waals surface area contributed by atoms with Crippen molar-refractivity contribution < 1.29 is 19.1 Å². The minimum atomic E-state index is -0.926. The van der Waals surface area contributed by atoms with Gasteiger partial charge in [-0.05, 0) is 64.2 Å². The summed E-state index contributed by atoms with van der Waals surface area (Å²) in [4.78, 5) is 41.1. The molecule has 8 heteroatoms. The molecule has 34 heavy (non-hydrogen) atoms. The third-order valence-electron chi connectivity index (χ3n) is 5.50. The summed E-state index contributed by atoms with van der Waals surface area (Å²) in [5.74, 6) is -0.505. The number of unbranched alkanes of at least 4 members (excludes halogenated alkanes) is 2. The summed E-state index contributed by atoms with van der Waals surface area (Å²) in [6.45, 7) is 14.2. The topological polar surface area (TPSA) is 87.7 Å². The quantitative estimate of drug-likeness (QED) is 0.291. The molecule has 0 heterocycles. The van der Waals surface area contributed by atoms with Crippen molar-refractivity contribution in [3.8, 4) is 0 Å². The number of ether oxygens (including phenoxy) is 1. The van der Waals surface area contributed by atoms with Gasteiger partial charge in [-0.2, -0.15) is 12.6 Å². The van der Waals surface area contributed by atoms with E-state index in [0.29, 0.717) is 19.5 Å². The van der Waals surface area contributed by atoms with Crippen molar-refractivity contribution in [3.63, 3.8) is 0 Å². The second kappa shape index (κ2) is 14.2. The van der Waals surface area contributed by atoms with Crippen LogP contribution >= 0.6 is 12.6 Å². The van der Waals surface area contributed by atoms with E-state index in [-0.39, 0.29) is 17.6 Å². The lowest BCUT2D eigenvalue weighted by Gasteiger charge is -2.35. The first-order chi connectivity index (χ1) is 16.0. The van der Waals surface area contributed by atoms with Crippen LogP contribution in [0.3, 0.4) is 0 Å². The molecular formula is C26H43N3O4S. The zero-order valence-electron chi connectivity index (χ0n) is 21.9. The van der Waals surface area contributed by atoms with Gasteiger partial charge in [-0.15, -0.1) is 0 Å². The van der Waals surface area contributed by atoms with Gasteiger partial charge in [-0.25, -0.2) is 4.79 Å². The maximum absolute atomic E-state index is 13.7. The van der Waals surface area contributed by atoms with E-state index in [1.807, 2.05) is 39.0 Å². The van der Waals surface area contributed by atoms with Crippen molar-refractivity contribution in [2.24, 2.45) is 0 Å². The van der Waals surface area contributed by atoms with E-state index < -0.39 is 23.8 Å². The van der Waals surface area contributed by atoms with Gasteiger partial charge in [0.2, 0.25) is 11.8 Å². The Morgan fingerprint density at radius 3 is 2.32 bits per heavy atom. The lowest BCUT2D eigenvalue weighted by Crippen LogP contribution is -2.54. The molecule has 0 aromatic heterocycles. The number of hydrogen-bond acceptors (Lipinski definition) is 5. The Hall–Kier alpha value is -2.22. The van der Waals surface area contributed by atoms with Crippen molar-refractivity contribution in [2.75, 3.05) is 18.8 Å². The maximum Gasteiger partial charge on any atom is 0.408 e. The zero-order chi connectivity index (χ0) is 25.9. The van der Waals surface area contributed by atoms with Gasteiger partial charge in [-0.1, -0.05) is 44.9 Å². The molecule has 0 aliphatic rings. The van der Waals surface area contributed by atoms with Gasteiger partial charge in [0, 0.05) is 18.8 Å². The number of aryl methyl sites for hydroxylation is 1. The Balaban J connectivity index is 3.33. The summed E-state index contributed by atoms with van der Waals surface area (Å²) < 4.78 is 5.33. The summed E-state index contributed by atoms with van der Waals surface area (Å²) in [6.07, 6.45) is 2.92. The number of nitrogens with zero attached hydrogens (tertiary/aromatic N) is 1. The smallest absolute Gasteiger partial charge is 0.408 e. The molecule has 0 aliphatic heterocycles. The predicted molar refractivity (Wildman–Crippen MR) is 140 cm³/mol. The molecule has 2 atom stereocenters. The average molecular weight is 494 g/mol. The Morgan fingerprint density at radius 2 is 1.76 bits per heavy atom. The minimum absolute atomic E-state index is 0.0793. The van der Waals surface area contributed by atoms with Gasteiger partial charge < -0.3 is 20.3 Å². The first-order valence-corrected chi connectivity index (χ1v) is 12.8. The van der Waals surface area contributed by atoms with Crippen LogP contribution in [0.4, 0.5) is 4.79 Å². The minimum Gasteiger partial charge on any atom is -0.444 e. The number of amides is 3. The van der Waals surface area contributed by atoms with E-state index in [1.54, 1.807) is 25.7 Å². The molecule has 1 aromatic rings. The third kappa shape index (κ3) is 9.20. The fourth-order valence-electron chi connectivity index (χ4n) is 3.65. The van der Waals surface area contributed by atoms with Gasteiger partial charge in [-0.3, -0.25) is 9.59 Å². The molecule has 3 amide bonds. The van der Waals surface area contributed by atoms with Gasteiger partial charge in [0.05, 0.1) is 0 Å². The van der Waals surface area contributed by atoms with E-state index in [1.165, 1.54) is 0 Å². The monoisotopic (exact) mass is 493 g/mol. The number of rotatable bonds is 12. The van der Waals surface area contributed by atoms with Crippen LogP contribution in [0.25, 0.3) is 0 Å². The maximum atomic E-state index is 13.7. The second-order valence-corrected chi connectivity index (χ2v) is 9.97. The van der Waals surface area contributed by atoms with Gasteiger partial charge >= 0.3 is 6.09 Å². The van der Waals surface area contributed by atoms with Gasteiger partial charge in [0.15, 0.2) is 0 Å². The van der Waals surface area contributed by atoms with Crippen molar-refractivity contribution in [2.45, 2.75) is 91.8 Å². The van der Waals surface area contributed by atoms with Gasteiger partial charge in [0.25, 0.3) is 0 Å². The molecule has 1 rings (SSSR count). The molecule has 7 nitrogen and oxygen atoms in total. The lowest BCUT2D eigenvalue weighted by molar-refractivity contribution is -0.142. The Labute approximate surface area is 210 Å². The van der Waals surface area contributed by atoms with Crippen LogP contribution in [-0.4, -0.2) is 53.3 Å². The van der Waals surface area contributed by atoms with Crippen LogP contribution in [0, 0.1) is 13.8 Å². The number of benzene rings is 1. The van der Waals surface area contributed by atoms with E-state index in [9.17, 15) is 14.4 Å². The molecule has 0 fully saturated rings. The van der Waals surface area contributed by atoms with Crippen LogP contribution in [0.5, 0.6) is 0 Å². The van der Waals surface area contributed by atoms with Crippen LogP contribution in [-0.2, 0) is 14.3 Å². The highest BCUT2D eigenvalue weighted by Crippen LogP contribution is 2.27. The van der Waals surface area contributed by atoms with Crippen LogP contribution in [0.2, 0.25) is 0 Å². The summed E-state index contributed by atoms with van der Waals surface area (Å²) in [5.41, 5.74) is 2.09. The molecular weight excluding hydrogens is 450 g/mol. The number of thiol groups is 1. The Bertz CT molecular complexity index is 823. The van der Waals surface area contributed by atoms with Crippen molar-refractivity contribution in [1.82, 2.24) is 15.5 Å². The SMILES string of the molecule is CCCCCNC(=O)C(c1cccc(C)c1C)N(CCC)C(=O)C(CS)NC(=O)OC(C)(C)C. The molecule has 2 N–H and O–H groups in total. The second-order valence-electron chi connectivity index (χ2n) is 9.60. The van der Waals surface area contributed by atoms with Crippen molar-refractivity contribution in [3.05, 3.63) is 34.9 Å². The normalized spacial score (nSPS) is 13.1. The van der Waals surface area contributed by atoms with Crippen LogP contribution < -0.4 is 10.6 Å². The summed E-state index contributed by atoms with van der Waals surface area (Å²) in [7, 11) is 0. The van der Waals surface area contributed by atoms with Crippen LogP contribution in [0.15, 0.2) is 18.2 Å². The van der Waals surface area contributed by atoms with Crippen molar-refractivity contribution in [1.29, 1.82) is 0 Å². The van der Waals surface area contributed by atoms with E-state index in [4.69, 9.17) is 4.74 Å². The van der Waals surface area contributed by atoms with Crippen molar-refractivity contribution >= 4 is 30.5 Å². The molecule has 0 bridgehead atoms. The molecule has 1 aromatic carbocycles. The molecule has 0 aliphatic carbocycles. The first kappa shape index (κ1) is 29.8. The summed E-state index contributed by atoms with van der Waals surface area (Å²) in [6, 6.07) is 4.05. The highest BCUT2D eigenvalue weighted by Gasteiger charge is 2.36. The molecule has 2 unspecified atom stereocenters. The predicted octanol–water partition coefficient (Wildman–Crippen LogP) is 4.71. The van der Waals surface area contributed by atoms with E-state index in [0.717, 1.165) is 36.0 Å². The first-order valence-electron chi connectivity index (χ1n) is 12.2. The molecule has 0 saturated carbocycles. The highest BCUT2D eigenvalue weighted by molar-refractivity contribution is 7.80. The average Bonchev–Trinajstić information content (AvgIpc) is 2.75. The number of nitrogens with one attached hydrogen (secondary N) is 2.